The van der Waals surface area contributed by atoms with E-state index in [0.717, 1.165) is 29.0 Å². The van der Waals surface area contributed by atoms with Crippen LogP contribution in [0.4, 0.5) is 8.78 Å². The van der Waals surface area contributed by atoms with E-state index in [1.807, 2.05) is 60.7 Å². The fraction of sp³-hybridized carbons (Fsp3) is 0.154. The van der Waals surface area contributed by atoms with Crippen LogP contribution in [-0.4, -0.2) is 10.9 Å². The van der Waals surface area contributed by atoms with Crippen molar-refractivity contribution in [1.82, 2.24) is 10.3 Å². The molecule has 4 aromatic rings. The molecule has 3 aromatic carbocycles. The fourth-order valence-corrected chi connectivity index (χ4v) is 3.45. The minimum atomic E-state index is -0.940. The van der Waals surface area contributed by atoms with Crippen molar-refractivity contribution in [3.8, 4) is 22.6 Å². The number of nitrogens with zero attached hydrogens (tertiary/aromatic N) is 1. The van der Waals surface area contributed by atoms with Gasteiger partial charge in [-0.1, -0.05) is 66.7 Å². The van der Waals surface area contributed by atoms with Gasteiger partial charge in [-0.25, -0.2) is 13.8 Å². The van der Waals surface area contributed by atoms with Gasteiger partial charge in [0.25, 0.3) is 0 Å². The van der Waals surface area contributed by atoms with Gasteiger partial charge in [0.15, 0.2) is 23.3 Å². The van der Waals surface area contributed by atoms with Crippen LogP contribution in [0.1, 0.15) is 30.8 Å². The van der Waals surface area contributed by atoms with E-state index in [1.54, 1.807) is 6.92 Å². The molecule has 0 saturated carbocycles. The molecule has 0 bridgehead atoms. The lowest BCUT2D eigenvalue weighted by Gasteiger charge is -2.14. The Morgan fingerprint density at radius 3 is 2.25 bits per heavy atom. The number of nitrogens with one attached hydrogen (secondary N) is 1. The third-order valence-corrected chi connectivity index (χ3v) is 5.14. The van der Waals surface area contributed by atoms with Gasteiger partial charge in [0, 0.05) is 24.0 Å². The SMILES string of the molecule is C[C@H](NC(=O)CCc1nc(-c2ccccc2)c(-c2ccccc2)o1)c1ccc(F)c(F)c1. The first-order valence-corrected chi connectivity index (χ1v) is 10.4. The molecule has 1 amide bonds. The number of halogens is 2. The zero-order valence-corrected chi connectivity index (χ0v) is 17.5. The van der Waals surface area contributed by atoms with Crippen LogP contribution < -0.4 is 5.32 Å². The highest BCUT2D eigenvalue weighted by Gasteiger charge is 2.18. The predicted molar refractivity (Wildman–Crippen MR) is 119 cm³/mol. The van der Waals surface area contributed by atoms with E-state index in [0.29, 0.717) is 23.6 Å². The Morgan fingerprint density at radius 2 is 1.59 bits per heavy atom. The van der Waals surface area contributed by atoms with Gasteiger partial charge in [0.1, 0.15) is 5.69 Å². The van der Waals surface area contributed by atoms with Crippen LogP contribution in [-0.2, 0) is 11.2 Å². The summed E-state index contributed by atoms with van der Waals surface area (Å²) in [6.45, 7) is 1.72. The van der Waals surface area contributed by atoms with Crippen molar-refractivity contribution in [2.45, 2.75) is 25.8 Å². The number of aromatic nitrogens is 1. The lowest BCUT2D eigenvalue weighted by molar-refractivity contribution is -0.121. The van der Waals surface area contributed by atoms with E-state index >= 15 is 0 Å². The summed E-state index contributed by atoms with van der Waals surface area (Å²) in [5.41, 5.74) is 3.05. The smallest absolute Gasteiger partial charge is 0.220 e. The van der Waals surface area contributed by atoms with Gasteiger partial charge in [-0.2, -0.15) is 0 Å². The van der Waals surface area contributed by atoms with Crippen LogP contribution in [0.2, 0.25) is 0 Å². The monoisotopic (exact) mass is 432 g/mol. The van der Waals surface area contributed by atoms with Crippen molar-refractivity contribution in [3.63, 3.8) is 0 Å². The molecule has 4 rings (SSSR count). The lowest BCUT2D eigenvalue weighted by Crippen LogP contribution is -2.27. The highest BCUT2D eigenvalue weighted by atomic mass is 19.2. The summed E-state index contributed by atoms with van der Waals surface area (Å²) < 4.78 is 32.6. The summed E-state index contributed by atoms with van der Waals surface area (Å²) in [6.07, 6.45) is 0.458. The molecule has 0 saturated heterocycles. The number of oxazole rings is 1. The normalized spacial score (nSPS) is 11.8. The topological polar surface area (TPSA) is 55.1 Å². The predicted octanol–water partition coefficient (Wildman–Crippen LogP) is 6.10. The number of amides is 1. The Kier molecular flexibility index (Phi) is 6.40. The summed E-state index contributed by atoms with van der Waals surface area (Å²) in [5.74, 6) is -0.978. The molecule has 1 aromatic heterocycles. The molecule has 6 heteroatoms. The zero-order valence-electron chi connectivity index (χ0n) is 17.5. The van der Waals surface area contributed by atoms with Crippen molar-refractivity contribution in [1.29, 1.82) is 0 Å². The van der Waals surface area contributed by atoms with Gasteiger partial charge in [0.05, 0.1) is 6.04 Å². The van der Waals surface area contributed by atoms with E-state index in [9.17, 15) is 13.6 Å². The van der Waals surface area contributed by atoms with Gasteiger partial charge in [-0.15, -0.1) is 0 Å². The molecule has 0 aliphatic rings. The molecule has 0 spiro atoms. The van der Waals surface area contributed by atoms with Crippen molar-refractivity contribution in [2.24, 2.45) is 0 Å². The Labute approximate surface area is 184 Å². The molecular formula is C26H22F2N2O2. The molecule has 0 unspecified atom stereocenters. The quantitative estimate of drug-likeness (QED) is 0.384. The molecular weight excluding hydrogens is 410 g/mol. The standard InChI is InChI=1S/C26H22F2N2O2/c1-17(20-12-13-21(27)22(28)16-20)29-23(31)14-15-24-30-25(18-8-4-2-5-9-18)26(32-24)19-10-6-3-7-11-19/h2-13,16-17H,14-15H2,1H3,(H,29,31)/t17-/m0/s1. The first-order chi connectivity index (χ1) is 15.5. The minimum absolute atomic E-state index is 0.150. The van der Waals surface area contributed by atoms with E-state index in [4.69, 9.17) is 4.42 Å². The maximum atomic E-state index is 13.5. The van der Waals surface area contributed by atoms with E-state index in [-0.39, 0.29) is 12.3 Å². The average molecular weight is 432 g/mol. The molecule has 1 N–H and O–H groups in total. The highest BCUT2D eigenvalue weighted by molar-refractivity contribution is 5.78. The molecule has 162 valence electrons. The molecule has 0 fully saturated rings. The van der Waals surface area contributed by atoms with Gasteiger partial charge in [0.2, 0.25) is 5.91 Å². The number of benzene rings is 3. The molecule has 32 heavy (non-hydrogen) atoms. The lowest BCUT2D eigenvalue weighted by atomic mass is 10.1. The van der Waals surface area contributed by atoms with Gasteiger partial charge < -0.3 is 9.73 Å². The molecule has 4 nitrogen and oxygen atoms in total. The second-order valence-corrected chi connectivity index (χ2v) is 7.48. The van der Waals surface area contributed by atoms with Gasteiger partial charge in [-0.05, 0) is 24.6 Å². The van der Waals surface area contributed by atoms with Crippen molar-refractivity contribution in [2.75, 3.05) is 0 Å². The maximum Gasteiger partial charge on any atom is 0.220 e. The molecule has 0 radical (unpaired) electrons. The van der Waals surface area contributed by atoms with Crippen LogP contribution in [0.3, 0.4) is 0 Å². The Hall–Kier alpha value is -3.80. The van der Waals surface area contributed by atoms with E-state index in [1.165, 1.54) is 6.07 Å². The summed E-state index contributed by atoms with van der Waals surface area (Å²) >= 11 is 0. The number of rotatable bonds is 7. The number of carbonyl (C=O) groups excluding carboxylic acids is 1. The molecule has 1 atom stereocenters. The molecule has 0 aliphatic heterocycles. The Bertz CT molecular complexity index is 1150. The van der Waals surface area contributed by atoms with Crippen molar-refractivity contribution >= 4 is 5.91 Å². The van der Waals surface area contributed by atoms with Crippen molar-refractivity contribution in [3.05, 3.63) is 102 Å². The first kappa shape index (κ1) is 21.4. The summed E-state index contributed by atoms with van der Waals surface area (Å²) in [4.78, 5) is 17.1. The first-order valence-electron chi connectivity index (χ1n) is 10.4. The number of aryl methyl sites for hydroxylation is 1. The number of hydrogen-bond acceptors (Lipinski definition) is 3. The van der Waals surface area contributed by atoms with Crippen molar-refractivity contribution < 1.29 is 18.0 Å². The van der Waals surface area contributed by atoms with Gasteiger partial charge in [-0.3, -0.25) is 4.79 Å². The summed E-state index contributed by atoms with van der Waals surface area (Å²) in [6, 6.07) is 22.6. The zero-order chi connectivity index (χ0) is 22.5. The van der Waals surface area contributed by atoms with Crippen LogP contribution in [0.5, 0.6) is 0 Å². The second kappa shape index (κ2) is 9.56. The van der Waals surface area contributed by atoms with Crippen LogP contribution in [0.15, 0.2) is 83.3 Å². The Balaban J connectivity index is 1.48. The van der Waals surface area contributed by atoms with Crippen LogP contribution in [0.25, 0.3) is 22.6 Å². The number of carbonyl (C=O) groups is 1. The molecule has 1 heterocycles. The minimum Gasteiger partial charge on any atom is -0.440 e. The van der Waals surface area contributed by atoms with E-state index < -0.39 is 17.7 Å². The number of hydrogen-bond donors (Lipinski definition) is 1. The van der Waals surface area contributed by atoms with Crippen LogP contribution in [0, 0.1) is 11.6 Å². The maximum absolute atomic E-state index is 13.5. The van der Waals surface area contributed by atoms with E-state index in [2.05, 4.69) is 10.3 Å². The van der Waals surface area contributed by atoms with Gasteiger partial charge >= 0.3 is 0 Å². The Morgan fingerprint density at radius 1 is 0.938 bits per heavy atom. The second-order valence-electron chi connectivity index (χ2n) is 7.48. The third kappa shape index (κ3) is 4.91. The third-order valence-electron chi connectivity index (χ3n) is 5.14. The summed E-state index contributed by atoms with van der Waals surface area (Å²) in [7, 11) is 0. The fourth-order valence-electron chi connectivity index (χ4n) is 3.45. The largest absolute Gasteiger partial charge is 0.440 e. The molecule has 0 aliphatic carbocycles. The average Bonchev–Trinajstić information content (AvgIpc) is 3.25. The summed E-state index contributed by atoms with van der Waals surface area (Å²) in [5, 5.41) is 2.80. The van der Waals surface area contributed by atoms with Crippen LogP contribution >= 0.6 is 0 Å². The highest BCUT2D eigenvalue weighted by Crippen LogP contribution is 2.32.